The maximum Gasteiger partial charge on any atom is 0.250 e. The number of halogens is 1. The molecule has 3 aromatic rings. The van der Waals surface area contributed by atoms with E-state index in [0.29, 0.717) is 11.7 Å². The maximum absolute atomic E-state index is 6.17. The summed E-state index contributed by atoms with van der Waals surface area (Å²) in [7, 11) is 0. The highest BCUT2D eigenvalue weighted by Gasteiger charge is 2.38. The van der Waals surface area contributed by atoms with Crippen molar-refractivity contribution in [3.63, 3.8) is 0 Å². The van der Waals surface area contributed by atoms with Crippen LogP contribution in [0, 0.1) is 0 Å². The first-order valence-corrected chi connectivity index (χ1v) is 7.03. The largest absolute Gasteiger partial charge is 0.457 e. The van der Waals surface area contributed by atoms with E-state index in [-0.39, 0.29) is 12.4 Å². The monoisotopic (exact) mass is 317 g/mol. The number of furan rings is 1. The van der Waals surface area contributed by atoms with Crippen LogP contribution in [0.15, 0.2) is 39.3 Å². The van der Waals surface area contributed by atoms with Crippen molar-refractivity contribution >= 4 is 35.5 Å². The Balaban J connectivity index is 0.00000144. The van der Waals surface area contributed by atoms with E-state index in [1.54, 1.807) is 6.08 Å². The van der Waals surface area contributed by atoms with Crippen molar-refractivity contribution in [3.05, 3.63) is 47.8 Å². The number of rotatable bonds is 3. The summed E-state index contributed by atoms with van der Waals surface area (Å²) in [4.78, 5) is 4.34. The zero-order valence-corrected chi connectivity index (χ0v) is 12.7. The van der Waals surface area contributed by atoms with E-state index in [1.807, 2.05) is 36.4 Å². The zero-order chi connectivity index (χ0) is 14.3. The minimum atomic E-state index is -0.394. The molecule has 114 valence electrons. The van der Waals surface area contributed by atoms with E-state index in [9.17, 15) is 0 Å². The smallest absolute Gasteiger partial charge is 0.250 e. The number of para-hydroxylation sites is 1. The molecule has 0 amide bonds. The first-order valence-electron chi connectivity index (χ1n) is 7.03. The fourth-order valence-electron chi connectivity index (χ4n) is 2.52. The van der Waals surface area contributed by atoms with Gasteiger partial charge >= 0.3 is 0 Å². The minimum Gasteiger partial charge on any atom is -0.457 e. The maximum atomic E-state index is 6.17. The molecule has 0 saturated heterocycles. The molecule has 6 heteroatoms. The number of aromatic nitrogens is 2. The molecule has 2 N–H and O–H groups in total. The van der Waals surface area contributed by atoms with Crippen LogP contribution in [0.3, 0.4) is 0 Å². The van der Waals surface area contributed by atoms with Gasteiger partial charge < -0.3 is 14.7 Å². The Hall–Kier alpha value is -2.11. The van der Waals surface area contributed by atoms with Gasteiger partial charge in [-0.1, -0.05) is 23.4 Å². The van der Waals surface area contributed by atoms with Crippen LogP contribution in [0.1, 0.15) is 36.7 Å². The summed E-state index contributed by atoms with van der Waals surface area (Å²) < 4.78 is 10.9. The summed E-state index contributed by atoms with van der Waals surface area (Å²) in [5.74, 6) is 1.79. The minimum absolute atomic E-state index is 0. The third kappa shape index (κ3) is 2.53. The molecular weight excluding hydrogens is 302 g/mol. The van der Waals surface area contributed by atoms with Gasteiger partial charge in [0.1, 0.15) is 11.3 Å². The lowest BCUT2D eigenvalue weighted by Gasteiger charge is -2.34. The lowest BCUT2D eigenvalue weighted by atomic mass is 9.77. The molecule has 1 fully saturated rings. The van der Waals surface area contributed by atoms with E-state index >= 15 is 0 Å². The zero-order valence-electron chi connectivity index (χ0n) is 11.9. The van der Waals surface area contributed by atoms with E-state index in [1.165, 1.54) is 0 Å². The fraction of sp³-hybridized carbons (Fsp3) is 0.250. The molecule has 1 aromatic carbocycles. The molecule has 1 aliphatic rings. The number of hydrogen-bond acceptors (Lipinski definition) is 5. The first kappa shape index (κ1) is 14.8. The third-order valence-electron chi connectivity index (χ3n) is 3.97. The summed E-state index contributed by atoms with van der Waals surface area (Å²) in [6, 6.07) is 9.85. The van der Waals surface area contributed by atoms with Gasteiger partial charge in [-0.3, -0.25) is 0 Å². The van der Waals surface area contributed by atoms with Crippen LogP contribution in [0.4, 0.5) is 0 Å². The molecule has 22 heavy (non-hydrogen) atoms. The van der Waals surface area contributed by atoms with Crippen LogP contribution < -0.4 is 5.73 Å². The lowest BCUT2D eigenvalue weighted by molar-refractivity contribution is 0.229. The van der Waals surface area contributed by atoms with Crippen molar-refractivity contribution in [2.45, 2.75) is 24.8 Å². The second kappa shape index (κ2) is 5.59. The van der Waals surface area contributed by atoms with E-state index in [0.717, 1.165) is 36.0 Å². The molecule has 2 aromatic heterocycles. The van der Waals surface area contributed by atoms with Gasteiger partial charge in [-0.15, -0.1) is 12.4 Å². The van der Waals surface area contributed by atoms with Crippen LogP contribution in [0.2, 0.25) is 0 Å². The summed E-state index contributed by atoms with van der Waals surface area (Å²) >= 11 is 0. The molecule has 0 unspecified atom stereocenters. The summed E-state index contributed by atoms with van der Waals surface area (Å²) in [6.45, 7) is 0. The summed E-state index contributed by atoms with van der Waals surface area (Å²) in [5, 5.41) is 5.04. The predicted octanol–water partition coefficient (Wildman–Crippen LogP) is 3.75. The van der Waals surface area contributed by atoms with Gasteiger partial charge in [0.2, 0.25) is 0 Å². The third-order valence-corrected chi connectivity index (χ3v) is 3.97. The van der Waals surface area contributed by atoms with Crippen LogP contribution in [0.25, 0.3) is 23.1 Å². The van der Waals surface area contributed by atoms with Crippen LogP contribution in [-0.2, 0) is 5.54 Å². The molecule has 0 spiro atoms. The molecule has 1 saturated carbocycles. The number of hydrogen-bond donors (Lipinski definition) is 1. The average molecular weight is 318 g/mol. The van der Waals surface area contributed by atoms with E-state index < -0.39 is 5.54 Å². The topological polar surface area (TPSA) is 78.1 Å². The number of fused-ring (bicyclic) bond motifs is 1. The van der Waals surface area contributed by atoms with Gasteiger partial charge in [-0.05, 0) is 37.5 Å². The van der Waals surface area contributed by atoms with Crippen molar-refractivity contribution < 1.29 is 8.94 Å². The fourth-order valence-corrected chi connectivity index (χ4v) is 2.52. The Kier molecular flexibility index (Phi) is 3.76. The van der Waals surface area contributed by atoms with Crippen LogP contribution in [0.5, 0.6) is 0 Å². The second-order valence-electron chi connectivity index (χ2n) is 5.49. The van der Waals surface area contributed by atoms with Gasteiger partial charge in [0.25, 0.3) is 5.89 Å². The molecule has 0 bridgehead atoms. The normalized spacial score (nSPS) is 16.6. The van der Waals surface area contributed by atoms with Crippen molar-refractivity contribution in [3.8, 4) is 0 Å². The first-order chi connectivity index (χ1) is 10.2. The Morgan fingerprint density at radius 2 is 2.00 bits per heavy atom. The standard InChI is InChI=1S/C16H15N3O2.ClH/c17-16(8-3-9-16)15-18-14(21-19-15)7-6-12-10-11-4-1-2-5-13(11)20-12;/h1-2,4-7,10H,3,8-9,17H2;1H/b7-6+;. The number of nitrogens with two attached hydrogens (primary N) is 1. The predicted molar refractivity (Wildman–Crippen MR) is 86.4 cm³/mol. The van der Waals surface area contributed by atoms with E-state index in [4.69, 9.17) is 14.7 Å². The van der Waals surface area contributed by atoms with Gasteiger partial charge in [0.15, 0.2) is 5.82 Å². The van der Waals surface area contributed by atoms with Crippen molar-refractivity contribution in [2.75, 3.05) is 0 Å². The van der Waals surface area contributed by atoms with Gasteiger partial charge in [0, 0.05) is 11.5 Å². The number of nitrogens with zero attached hydrogens (tertiary/aromatic N) is 2. The van der Waals surface area contributed by atoms with Crippen LogP contribution in [-0.4, -0.2) is 10.1 Å². The Bertz CT molecular complexity index is 785. The summed E-state index contributed by atoms with van der Waals surface area (Å²) in [5.41, 5.74) is 6.63. The van der Waals surface area contributed by atoms with Gasteiger partial charge in [-0.25, -0.2) is 0 Å². The lowest BCUT2D eigenvalue weighted by Crippen LogP contribution is -2.44. The molecule has 5 nitrogen and oxygen atoms in total. The Labute approximate surface area is 133 Å². The van der Waals surface area contributed by atoms with Crippen molar-refractivity contribution in [1.29, 1.82) is 0 Å². The van der Waals surface area contributed by atoms with Gasteiger partial charge in [-0.2, -0.15) is 4.98 Å². The average Bonchev–Trinajstić information content (AvgIpc) is 3.09. The van der Waals surface area contributed by atoms with Gasteiger partial charge in [0.05, 0.1) is 5.54 Å². The van der Waals surface area contributed by atoms with Crippen LogP contribution >= 0.6 is 12.4 Å². The number of benzene rings is 1. The molecular formula is C16H16ClN3O2. The molecule has 1 aliphatic carbocycles. The highest BCUT2D eigenvalue weighted by molar-refractivity contribution is 5.85. The quantitative estimate of drug-likeness (QED) is 0.796. The highest BCUT2D eigenvalue weighted by atomic mass is 35.5. The van der Waals surface area contributed by atoms with E-state index in [2.05, 4.69) is 10.1 Å². The molecule has 0 atom stereocenters. The SMILES string of the molecule is Cl.NC1(c2noc(/C=C/c3cc4ccccc4o3)n2)CCC1. The van der Waals surface area contributed by atoms with Crippen molar-refractivity contribution in [2.24, 2.45) is 5.73 Å². The molecule has 2 heterocycles. The highest BCUT2D eigenvalue weighted by Crippen LogP contribution is 2.36. The van der Waals surface area contributed by atoms with Crippen molar-refractivity contribution in [1.82, 2.24) is 10.1 Å². The Morgan fingerprint density at radius 1 is 1.18 bits per heavy atom. The second-order valence-corrected chi connectivity index (χ2v) is 5.49. The summed E-state index contributed by atoms with van der Waals surface area (Å²) in [6.07, 6.45) is 6.52. The molecule has 0 radical (unpaired) electrons. The molecule has 4 rings (SSSR count). The molecule has 0 aliphatic heterocycles. The Morgan fingerprint density at radius 3 is 2.73 bits per heavy atom.